The topological polar surface area (TPSA) is 124 Å². The van der Waals surface area contributed by atoms with E-state index in [2.05, 4.69) is 37.0 Å². The second kappa shape index (κ2) is 13.0. The van der Waals surface area contributed by atoms with Crippen molar-refractivity contribution in [3.63, 3.8) is 0 Å². The Hall–Kier alpha value is -5.42. The molecule has 0 saturated heterocycles. The largest absolute Gasteiger partial charge is 0.573 e. The molecular weight excluding hydrogens is 563 g/mol. The highest BCUT2D eigenvalue weighted by atomic mass is 19.4. The molecule has 2 N–H and O–H groups in total. The molecule has 1 aromatic carbocycles. The Morgan fingerprint density at radius 1 is 1.19 bits per heavy atom. The number of hydrogen-bond acceptors (Lipinski definition) is 9. The van der Waals surface area contributed by atoms with Gasteiger partial charge in [-0.15, -0.1) is 13.2 Å². The third-order valence-electron chi connectivity index (χ3n) is 6.10. The molecule has 0 aliphatic rings. The summed E-state index contributed by atoms with van der Waals surface area (Å²) in [5.41, 5.74) is 1.84. The highest BCUT2D eigenvalue weighted by Crippen LogP contribution is 2.40. The molecule has 0 spiro atoms. The molecule has 0 unspecified atom stereocenters. The normalized spacial score (nSPS) is 11.5. The first-order valence-corrected chi connectivity index (χ1v) is 12.9. The number of nitriles is 1. The molecule has 0 radical (unpaired) electrons. The summed E-state index contributed by atoms with van der Waals surface area (Å²) < 4.78 is 46.7. The number of pyridine rings is 1. The van der Waals surface area contributed by atoms with E-state index < -0.39 is 18.0 Å². The Labute approximate surface area is 245 Å². The van der Waals surface area contributed by atoms with Crippen LogP contribution in [-0.2, 0) is 4.79 Å². The molecule has 0 aliphatic heterocycles. The number of alkyl halides is 3. The molecule has 0 aliphatic carbocycles. The van der Waals surface area contributed by atoms with Crippen LogP contribution in [0.25, 0.3) is 16.8 Å². The number of carbonyl (C=O) groups excluding carboxylic acids is 1. The molecule has 43 heavy (non-hydrogen) atoms. The molecule has 0 saturated carbocycles. The van der Waals surface area contributed by atoms with Crippen LogP contribution in [0.15, 0.2) is 73.7 Å². The van der Waals surface area contributed by atoms with Gasteiger partial charge in [-0.05, 0) is 32.3 Å². The van der Waals surface area contributed by atoms with Crippen molar-refractivity contribution in [2.24, 2.45) is 0 Å². The second-order valence-corrected chi connectivity index (χ2v) is 9.50. The second-order valence-electron chi connectivity index (χ2n) is 9.50. The maximum Gasteiger partial charge on any atom is 0.573 e. The zero-order valence-electron chi connectivity index (χ0n) is 23.6. The quantitative estimate of drug-likeness (QED) is 0.184. The maximum absolute atomic E-state index is 13.6. The van der Waals surface area contributed by atoms with Crippen LogP contribution in [0.5, 0.6) is 5.75 Å². The molecular formula is C29H28F3N9O2. The maximum atomic E-state index is 13.6. The van der Waals surface area contributed by atoms with Crippen LogP contribution < -0.4 is 20.3 Å². The summed E-state index contributed by atoms with van der Waals surface area (Å²) in [6.07, 6.45) is 3.57. The fourth-order valence-corrected chi connectivity index (χ4v) is 4.06. The lowest BCUT2D eigenvalue weighted by molar-refractivity contribution is -0.274. The van der Waals surface area contributed by atoms with E-state index in [-0.39, 0.29) is 34.3 Å². The summed E-state index contributed by atoms with van der Waals surface area (Å²) in [5.74, 6) is -1.22. The standard InChI is InChI=1S/C29H28F3N9O2/c1-5-6-10-26(42)36-21-14-22(25(43-29(30,31)32)15-24(21)40(4)13-12-39(2)3)37-28-34-17-19(16-33)27(38-28)20-18-35-41-11-8-7-9-23(20)41/h5-11,14-15,17-18H,1,12-13H2,2-4H3,(H,36,42)(H,34,37,38)/b10-6+. The predicted octanol–water partition coefficient (Wildman–Crippen LogP) is 4.98. The molecule has 3 heterocycles. The van der Waals surface area contributed by atoms with Gasteiger partial charge in [-0.1, -0.05) is 24.8 Å². The van der Waals surface area contributed by atoms with Gasteiger partial charge in [-0.3, -0.25) is 4.79 Å². The third kappa shape index (κ3) is 7.66. The van der Waals surface area contributed by atoms with Crippen molar-refractivity contribution in [3.8, 4) is 23.1 Å². The van der Waals surface area contributed by atoms with Crippen molar-refractivity contribution >= 4 is 34.4 Å². The van der Waals surface area contributed by atoms with E-state index in [1.165, 1.54) is 42.8 Å². The van der Waals surface area contributed by atoms with Gasteiger partial charge in [-0.25, -0.2) is 14.5 Å². The number of nitrogens with one attached hydrogen (secondary N) is 2. The summed E-state index contributed by atoms with van der Waals surface area (Å²) in [7, 11) is 5.41. The van der Waals surface area contributed by atoms with Crippen LogP contribution in [0.3, 0.4) is 0 Å². The van der Waals surface area contributed by atoms with Crippen LogP contribution in [0, 0.1) is 11.3 Å². The van der Waals surface area contributed by atoms with Crippen molar-refractivity contribution in [3.05, 3.63) is 79.3 Å². The lowest BCUT2D eigenvalue weighted by Gasteiger charge is -2.26. The first-order chi connectivity index (χ1) is 20.5. The van der Waals surface area contributed by atoms with Crippen molar-refractivity contribution in [1.29, 1.82) is 5.26 Å². The number of amides is 1. The molecule has 11 nitrogen and oxygen atoms in total. The van der Waals surface area contributed by atoms with Crippen molar-refractivity contribution < 1.29 is 22.7 Å². The van der Waals surface area contributed by atoms with Crippen molar-refractivity contribution in [1.82, 2.24) is 24.5 Å². The van der Waals surface area contributed by atoms with Crippen LogP contribution in [0.1, 0.15) is 5.56 Å². The lowest BCUT2D eigenvalue weighted by Crippen LogP contribution is -2.29. The van der Waals surface area contributed by atoms with Crippen LogP contribution >= 0.6 is 0 Å². The first kappa shape index (κ1) is 30.5. The van der Waals surface area contributed by atoms with E-state index in [1.807, 2.05) is 25.1 Å². The number of nitrogens with zero attached hydrogens (tertiary/aromatic N) is 7. The van der Waals surface area contributed by atoms with Gasteiger partial charge in [-0.2, -0.15) is 10.4 Å². The van der Waals surface area contributed by atoms with Crippen LogP contribution in [0.2, 0.25) is 0 Å². The third-order valence-corrected chi connectivity index (χ3v) is 6.10. The number of carbonyl (C=O) groups is 1. The molecule has 4 aromatic rings. The smallest absolute Gasteiger partial charge is 0.403 e. The van der Waals surface area contributed by atoms with Gasteiger partial charge in [0.2, 0.25) is 11.9 Å². The summed E-state index contributed by atoms with van der Waals surface area (Å²) in [5, 5.41) is 19.5. The number of allylic oxidation sites excluding steroid dienone is 2. The Kier molecular flexibility index (Phi) is 9.26. The van der Waals surface area contributed by atoms with Gasteiger partial charge in [0.15, 0.2) is 5.75 Å². The fraction of sp³-hybridized carbons (Fsp3) is 0.207. The number of ether oxygens (including phenoxy) is 1. The minimum atomic E-state index is -5.03. The zero-order valence-corrected chi connectivity index (χ0v) is 23.6. The van der Waals surface area contributed by atoms with Gasteiger partial charge in [0.25, 0.3) is 0 Å². The number of anilines is 4. The Morgan fingerprint density at radius 3 is 2.67 bits per heavy atom. The first-order valence-electron chi connectivity index (χ1n) is 12.9. The van der Waals surface area contributed by atoms with E-state index in [9.17, 15) is 23.2 Å². The summed E-state index contributed by atoms with van der Waals surface area (Å²) in [4.78, 5) is 24.8. The predicted molar refractivity (Wildman–Crippen MR) is 157 cm³/mol. The van der Waals surface area contributed by atoms with Crippen molar-refractivity contribution in [2.75, 3.05) is 49.8 Å². The van der Waals surface area contributed by atoms with Gasteiger partial charge in [0, 0.05) is 44.0 Å². The minimum Gasteiger partial charge on any atom is -0.403 e. The number of halogens is 3. The van der Waals surface area contributed by atoms with E-state index in [0.717, 1.165) is 0 Å². The zero-order chi connectivity index (χ0) is 31.1. The van der Waals surface area contributed by atoms with Gasteiger partial charge in [0.05, 0.1) is 46.2 Å². The Balaban J connectivity index is 1.82. The molecule has 1 amide bonds. The van der Waals surface area contributed by atoms with E-state index in [1.54, 1.807) is 40.9 Å². The highest BCUT2D eigenvalue weighted by molar-refractivity contribution is 6.02. The van der Waals surface area contributed by atoms with Gasteiger partial charge < -0.3 is 25.2 Å². The molecule has 4 rings (SSSR count). The SMILES string of the molecule is C=C/C=C/C(=O)Nc1cc(Nc2ncc(C#N)c(-c3cnn4ccccc34)n2)c(OC(F)(F)F)cc1N(C)CCN(C)C. The molecule has 0 bridgehead atoms. The summed E-state index contributed by atoms with van der Waals surface area (Å²) in [6, 6.07) is 9.89. The van der Waals surface area contributed by atoms with Crippen LogP contribution in [0.4, 0.5) is 36.2 Å². The summed E-state index contributed by atoms with van der Waals surface area (Å²) >= 11 is 0. The molecule has 0 atom stereocenters. The van der Waals surface area contributed by atoms with Gasteiger partial charge in [0.1, 0.15) is 6.07 Å². The average Bonchev–Trinajstić information content (AvgIpc) is 3.39. The number of rotatable bonds is 11. The molecule has 222 valence electrons. The van der Waals surface area contributed by atoms with E-state index in [0.29, 0.717) is 24.2 Å². The van der Waals surface area contributed by atoms with Crippen molar-refractivity contribution in [2.45, 2.75) is 6.36 Å². The average molecular weight is 592 g/mol. The minimum absolute atomic E-state index is 0.117. The number of hydrogen-bond donors (Lipinski definition) is 2. The molecule has 3 aromatic heterocycles. The Bertz CT molecular complexity index is 1710. The lowest BCUT2D eigenvalue weighted by atomic mass is 10.1. The number of likely N-dealkylation sites (N-methyl/N-ethyl adjacent to an activating group) is 2. The van der Waals surface area contributed by atoms with Crippen LogP contribution in [-0.4, -0.2) is 71.0 Å². The van der Waals surface area contributed by atoms with E-state index in [4.69, 9.17) is 0 Å². The number of fused-ring (bicyclic) bond motifs is 1. The number of aromatic nitrogens is 4. The monoisotopic (exact) mass is 591 g/mol. The van der Waals surface area contributed by atoms with Gasteiger partial charge >= 0.3 is 6.36 Å². The fourth-order valence-electron chi connectivity index (χ4n) is 4.06. The molecule has 0 fully saturated rings. The summed E-state index contributed by atoms with van der Waals surface area (Å²) in [6.45, 7) is 4.55. The Morgan fingerprint density at radius 2 is 1.98 bits per heavy atom. The molecule has 14 heteroatoms. The highest BCUT2D eigenvalue weighted by Gasteiger charge is 2.33. The van der Waals surface area contributed by atoms with E-state index >= 15 is 0 Å². The number of benzene rings is 1.